The lowest BCUT2D eigenvalue weighted by Gasteiger charge is -2.13. The van der Waals surface area contributed by atoms with Gasteiger partial charge in [0, 0.05) is 35.4 Å². The van der Waals surface area contributed by atoms with Gasteiger partial charge in [0.1, 0.15) is 11.4 Å². The third kappa shape index (κ3) is 7.55. The number of halogens is 1. The highest BCUT2D eigenvalue weighted by atomic mass is 79.9. The van der Waals surface area contributed by atoms with Gasteiger partial charge in [-0.2, -0.15) is 5.10 Å². The van der Waals surface area contributed by atoms with Crippen LogP contribution >= 0.6 is 15.9 Å². The molecule has 0 aliphatic carbocycles. The summed E-state index contributed by atoms with van der Waals surface area (Å²) in [6.45, 7) is 0. The molecule has 1 aromatic heterocycles. The van der Waals surface area contributed by atoms with E-state index in [0.717, 1.165) is 5.69 Å². The van der Waals surface area contributed by atoms with Crippen LogP contribution in [-0.4, -0.2) is 38.1 Å². The van der Waals surface area contributed by atoms with Gasteiger partial charge in [-0.1, -0.05) is 46.3 Å². The van der Waals surface area contributed by atoms with E-state index in [9.17, 15) is 14.4 Å². The molecule has 0 bridgehead atoms. The normalized spacial score (nSPS) is 11.2. The van der Waals surface area contributed by atoms with Crippen molar-refractivity contribution in [2.75, 3.05) is 19.0 Å². The molecule has 4 rings (SSSR count). The molecule has 0 unspecified atom stereocenters. The summed E-state index contributed by atoms with van der Waals surface area (Å²) in [5.74, 6) is -1.53. The Kier molecular flexibility index (Phi) is 9.27. The smallest absolute Gasteiger partial charge is 0.379 e. The maximum atomic E-state index is 13.1. The molecule has 4 aromatic rings. The fourth-order valence-corrected chi connectivity index (χ4v) is 3.84. The molecule has 0 aliphatic rings. The molecule has 1 heterocycles. The van der Waals surface area contributed by atoms with Crippen molar-refractivity contribution < 1.29 is 23.5 Å². The van der Waals surface area contributed by atoms with E-state index in [1.165, 1.54) is 18.5 Å². The number of esters is 1. The van der Waals surface area contributed by atoms with E-state index in [4.69, 9.17) is 9.15 Å². The molecule has 2 N–H and O–H groups in total. The Morgan fingerprint density at radius 2 is 1.70 bits per heavy atom. The Bertz CT molecular complexity index is 1550. The lowest BCUT2D eigenvalue weighted by Crippen LogP contribution is -2.32. The second-order valence-corrected chi connectivity index (χ2v) is 9.53. The van der Waals surface area contributed by atoms with Crippen LogP contribution in [0.15, 0.2) is 111 Å². The zero-order valence-electron chi connectivity index (χ0n) is 21.6. The van der Waals surface area contributed by atoms with Gasteiger partial charge in [0.05, 0.1) is 12.5 Å². The van der Waals surface area contributed by atoms with Crippen LogP contribution in [0.1, 0.15) is 32.0 Å². The van der Waals surface area contributed by atoms with E-state index in [0.29, 0.717) is 21.2 Å². The summed E-state index contributed by atoms with van der Waals surface area (Å²) in [4.78, 5) is 40.3. The van der Waals surface area contributed by atoms with Crippen molar-refractivity contribution in [3.8, 4) is 5.75 Å². The minimum atomic E-state index is -0.680. The summed E-state index contributed by atoms with van der Waals surface area (Å²) in [7, 11) is 3.85. The Balaban J connectivity index is 1.54. The highest BCUT2D eigenvalue weighted by Crippen LogP contribution is 2.23. The molecular weight excluding hydrogens is 576 g/mol. The van der Waals surface area contributed by atoms with Gasteiger partial charge in [-0.3, -0.25) is 9.59 Å². The van der Waals surface area contributed by atoms with E-state index in [-0.39, 0.29) is 17.2 Å². The predicted octanol–water partition coefficient (Wildman–Crippen LogP) is 5.25. The number of furan rings is 1. The Hall–Kier alpha value is -4.96. The van der Waals surface area contributed by atoms with Crippen molar-refractivity contribution >= 4 is 51.7 Å². The van der Waals surface area contributed by atoms with Gasteiger partial charge in [-0.05, 0) is 66.2 Å². The van der Waals surface area contributed by atoms with E-state index in [1.807, 2.05) is 43.3 Å². The van der Waals surface area contributed by atoms with E-state index in [1.54, 1.807) is 60.7 Å². The molecule has 2 amide bonds. The average Bonchev–Trinajstić information content (AvgIpc) is 3.50. The fourth-order valence-electron chi connectivity index (χ4n) is 3.46. The summed E-state index contributed by atoms with van der Waals surface area (Å²) >= 11 is 3.38. The third-order valence-electron chi connectivity index (χ3n) is 5.52. The van der Waals surface area contributed by atoms with Gasteiger partial charge in [0.2, 0.25) is 5.76 Å². The predicted molar refractivity (Wildman–Crippen MR) is 156 cm³/mol. The summed E-state index contributed by atoms with van der Waals surface area (Å²) < 4.78 is 11.2. The van der Waals surface area contributed by atoms with Crippen LogP contribution in [0.25, 0.3) is 6.08 Å². The molecule has 0 saturated heterocycles. The van der Waals surface area contributed by atoms with Gasteiger partial charge in [0.25, 0.3) is 11.8 Å². The summed E-state index contributed by atoms with van der Waals surface area (Å²) in [5.41, 5.74) is 4.91. The number of anilines is 1. The number of hydrazone groups is 1. The van der Waals surface area contributed by atoms with Crippen LogP contribution in [0, 0.1) is 0 Å². The molecule has 0 spiro atoms. The summed E-state index contributed by atoms with van der Waals surface area (Å²) in [5, 5.41) is 6.70. The van der Waals surface area contributed by atoms with Crippen molar-refractivity contribution in [2.45, 2.75) is 0 Å². The van der Waals surface area contributed by atoms with Crippen LogP contribution in [0.4, 0.5) is 5.69 Å². The maximum absolute atomic E-state index is 13.1. The monoisotopic (exact) mass is 600 g/mol. The molecular formula is C30H25BrN4O5. The summed E-state index contributed by atoms with van der Waals surface area (Å²) in [6.07, 6.45) is 4.26. The lowest BCUT2D eigenvalue weighted by atomic mass is 10.1. The number of hydrogen-bond acceptors (Lipinski definition) is 7. The molecule has 202 valence electrons. The molecule has 0 radical (unpaired) electrons. The minimum Gasteiger partial charge on any atom is -0.457 e. The van der Waals surface area contributed by atoms with E-state index < -0.39 is 17.8 Å². The van der Waals surface area contributed by atoms with Crippen molar-refractivity contribution in [1.29, 1.82) is 0 Å². The van der Waals surface area contributed by atoms with Crippen LogP contribution in [0.5, 0.6) is 5.75 Å². The van der Waals surface area contributed by atoms with Crippen molar-refractivity contribution in [3.05, 3.63) is 124 Å². The Labute approximate surface area is 239 Å². The molecule has 0 atom stereocenters. The number of nitrogens with one attached hydrogen (secondary N) is 2. The average molecular weight is 601 g/mol. The molecule has 0 saturated carbocycles. The van der Waals surface area contributed by atoms with Crippen LogP contribution < -0.4 is 20.4 Å². The van der Waals surface area contributed by atoms with Crippen molar-refractivity contribution in [1.82, 2.24) is 10.7 Å². The second kappa shape index (κ2) is 13.2. The number of carbonyl (C=O) groups is 3. The first-order valence-corrected chi connectivity index (χ1v) is 12.8. The zero-order chi connectivity index (χ0) is 28.5. The number of carbonyl (C=O) groups excluding carboxylic acids is 3. The lowest BCUT2D eigenvalue weighted by molar-refractivity contribution is -0.117. The van der Waals surface area contributed by atoms with Gasteiger partial charge in [0.15, 0.2) is 0 Å². The largest absolute Gasteiger partial charge is 0.457 e. The molecule has 0 aliphatic heterocycles. The Morgan fingerprint density at radius 3 is 2.38 bits per heavy atom. The highest BCUT2D eigenvalue weighted by Gasteiger charge is 2.16. The van der Waals surface area contributed by atoms with Gasteiger partial charge < -0.3 is 19.4 Å². The van der Waals surface area contributed by atoms with Gasteiger partial charge in [-0.25, -0.2) is 10.2 Å². The fraction of sp³-hybridized carbons (Fsp3) is 0.0667. The van der Waals surface area contributed by atoms with Crippen LogP contribution in [0.3, 0.4) is 0 Å². The van der Waals surface area contributed by atoms with Crippen LogP contribution in [0.2, 0.25) is 0 Å². The van der Waals surface area contributed by atoms with Crippen molar-refractivity contribution in [3.63, 3.8) is 0 Å². The topological polar surface area (TPSA) is 113 Å². The molecule has 40 heavy (non-hydrogen) atoms. The van der Waals surface area contributed by atoms with E-state index in [2.05, 4.69) is 31.8 Å². The molecule has 3 aromatic carbocycles. The first-order valence-electron chi connectivity index (χ1n) is 12.0. The SMILES string of the molecule is CN(C)c1ccc(/C=C(/NC(=O)c2ccccc2)C(=O)N/N=C/c2cc(Br)ccc2OC(=O)c2ccco2)cc1. The zero-order valence-corrected chi connectivity index (χ0v) is 23.2. The second-order valence-electron chi connectivity index (χ2n) is 8.61. The third-order valence-corrected chi connectivity index (χ3v) is 6.01. The number of ether oxygens (including phenoxy) is 1. The highest BCUT2D eigenvalue weighted by molar-refractivity contribution is 9.10. The first-order chi connectivity index (χ1) is 19.3. The number of hydrogen-bond donors (Lipinski definition) is 2. The number of amides is 2. The number of benzene rings is 3. The molecule has 0 fully saturated rings. The van der Waals surface area contributed by atoms with Crippen molar-refractivity contribution in [2.24, 2.45) is 5.10 Å². The van der Waals surface area contributed by atoms with Gasteiger partial charge >= 0.3 is 5.97 Å². The molecule has 9 nitrogen and oxygen atoms in total. The molecule has 10 heteroatoms. The first kappa shape index (κ1) is 28.1. The standard InChI is InChI=1S/C30H25BrN4O5/c1-35(2)24-13-10-20(11-14-24)17-25(33-28(36)21-7-4-3-5-8-21)29(37)34-32-19-22-18-23(31)12-15-26(22)40-30(38)27-9-6-16-39-27/h3-19H,1-2H3,(H,33,36)(H,34,37)/b25-17+,32-19+. The van der Waals surface area contributed by atoms with Crippen LogP contribution in [-0.2, 0) is 4.79 Å². The minimum absolute atomic E-state index is 0.0117. The number of nitrogens with zero attached hydrogens (tertiary/aromatic N) is 2. The summed E-state index contributed by atoms with van der Waals surface area (Å²) in [6, 6.07) is 24.0. The maximum Gasteiger partial charge on any atom is 0.379 e. The number of rotatable bonds is 9. The van der Waals surface area contributed by atoms with E-state index >= 15 is 0 Å². The quantitative estimate of drug-likeness (QED) is 0.0892. The Morgan fingerprint density at radius 1 is 0.950 bits per heavy atom. The van der Waals surface area contributed by atoms with Gasteiger partial charge in [-0.15, -0.1) is 0 Å².